The lowest BCUT2D eigenvalue weighted by atomic mass is 10.4. The highest BCUT2D eigenvalue weighted by molar-refractivity contribution is 5.87. The average Bonchev–Trinajstić information content (AvgIpc) is 3.00. The molecule has 0 bridgehead atoms. The average molecular weight is 266 g/mol. The molecule has 0 radical (unpaired) electrons. The molecule has 1 aromatic rings. The molecule has 104 valence electrons. The molecule has 1 N–H and O–H groups in total. The molecule has 1 fully saturated rings. The van der Waals surface area contributed by atoms with Gasteiger partial charge in [0.2, 0.25) is 5.91 Å². The predicted molar refractivity (Wildman–Crippen MR) is 68.5 cm³/mol. The normalized spacial score (nSPS) is 14.5. The van der Waals surface area contributed by atoms with Crippen LogP contribution in [0.1, 0.15) is 12.8 Å². The van der Waals surface area contributed by atoms with Crippen molar-refractivity contribution in [2.24, 2.45) is 0 Å². The maximum Gasteiger partial charge on any atom is 0.322 e. The lowest BCUT2D eigenvalue weighted by Gasteiger charge is -2.14. The smallest absolute Gasteiger partial charge is 0.322 e. The van der Waals surface area contributed by atoms with E-state index in [1.54, 1.807) is 19.0 Å². The van der Waals surface area contributed by atoms with Gasteiger partial charge in [0, 0.05) is 27.2 Å². The van der Waals surface area contributed by atoms with E-state index >= 15 is 0 Å². The third-order valence-electron chi connectivity index (χ3n) is 2.91. The fourth-order valence-corrected chi connectivity index (χ4v) is 1.84. The van der Waals surface area contributed by atoms with Gasteiger partial charge in [-0.2, -0.15) is 9.90 Å². The van der Waals surface area contributed by atoms with Crippen molar-refractivity contribution in [3.05, 3.63) is 6.20 Å². The molecule has 0 unspecified atom stereocenters. The molecule has 1 aliphatic heterocycles. The van der Waals surface area contributed by atoms with E-state index in [1.807, 2.05) is 0 Å². The molecular formula is C11H18N6O2. The molecule has 1 aromatic heterocycles. The van der Waals surface area contributed by atoms with E-state index in [0.717, 1.165) is 25.9 Å². The first-order chi connectivity index (χ1) is 9.06. The van der Waals surface area contributed by atoms with Crippen LogP contribution in [0.25, 0.3) is 0 Å². The lowest BCUT2D eigenvalue weighted by Crippen LogP contribution is -2.31. The number of nitrogens with zero attached hydrogens (tertiary/aromatic N) is 5. The Morgan fingerprint density at radius 2 is 2.05 bits per heavy atom. The first-order valence-electron chi connectivity index (χ1n) is 6.22. The summed E-state index contributed by atoms with van der Waals surface area (Å²) in [5.74, 6) is 0.353. The SMILES string of the molecule is CN(C)C(=O)Nc1cnn(CC(=O)N2CCCC2)n1. The summed E-state index contributed by atoms with van der Waals surface area (Å²) in [6, 6.07) is -0.280. The summed E-state index contributed by atoms with van der Waals surface area (Å²) in [6.07, 6.45) is 3.55. The largest absolute Gasteiger partial charge is 0.341 e. The van der Waals surface area contributed by atoms with Crippen molar-refractivity contribution in [2.75, 3.05) is 32.5 Å². The standard InChI is InChI=1S/C11H18N6O2/c1-15(2)11(19)13-9-7-12-17(14-9)8-10(18)16-5-3-4-6-16/h7H,3-6,8H2,1-2H3,(H,13,14,19). The minimum absolute atomic E-state index is 0.0126. The number of hydrogen-bond donors (Lipinski definition) is 1. The van der Waals surface area contributed by atoms with Gasteiger partial charge in [-0.15, -0.1) is 5.10 Å². The van der Waals surface area contributed by atoms with Crippen molar-refractivity contribution in [1.82, 2.24) is 24.8 Å². The van der Waals surface area contributed by atoms with E-state index in [2.05, 4.69) is 15.5 Å². The Morgan fingerprint density at radius 3 is 2.68 bits per heavy atom. The second-order valence-corrected chi connectivity index (χ2v) is 4.67. The molecule has 1 saturated heterocycles. The van der Waals surface area contributed by atoms with Crippen molar-refractivity contribution in [3.8, 4) is 0 Å². The molecule has 0 saturated carbocycles. The Morgan fingerprint density at radius 1 is 1.37 bits per heavy atom. The molecule has 0 aromatic carbocycles. The summed E-state index contributed by atoms with van der Waals surface area (Å²) in [5, 5.41) is 10.6. The maximum atomic E-state index is 11.9. The van der Waals surface area contributed by atoms with Crippen molar-refractivity contribution in [2.45, 2.75) is 19.4 Å². The van der Waals surface area contributed by atoms with Crippen molar-refractivity contribution in [1.29, 1.82) is 0 Å². The van der Waals surface area contributed by atoms with Gasteiger partial charge in [-0.25, -0.2) is 4.79 Å². The quantitative estimate of drug-likeness (QED) is 0.834. The van der Waals surface area contributed by atoms with Gasteiger partial charge in [-0.05, 0) is 12.8 Å². The number of likely N-dealkylation sites (tertiary alicyclic amines) is 1. The molecular weight excluding hydrogens is 248 g/mol. The van der Waals surface area contributed by atoms with Crippen LogP contribution in [-0.4, -0.2) is 63.9 Å². The van der Waals surface area contributed by atoms with Crippen molar-refractivity contribution >= 4 is 17.8 Å². The first kappa shape index (κ1) is 13.3. The van der Waals surface area contributed by atoms with E-state index in [4.69, 9.17) is 0 Å². The highest BCUT2D eigenvalue weighted by Crippen LogP contribution is 2.08. The number of anilines is 1. The van der Waals surface area contributed by atoms with Crippen molar-refractivity contribution < 1.29 is 9.59 Å². The number of nitrogens with one attached hydrogen (secondary N) is 1. The molecule has 3 amide bonds. The summed E-state index contributed by atoms with van der Waals surface area (Å²) in [6.45, 7) is 1.73. The summed E-state index contributed by atoms with van der Waals surface area (Å²) in [5.41, 5.74) is 0. The highest BCUT2D eigenvalue weighted by atomic mass is 16.2. The number of urea groups is 1. The molecule has 19 heavy (non-hydrogen) atoms. The van der Waals surface area contributed by atoms with Gasteiger partial charge in [-0.3, -0.25) is 10.1 Å². The van der Waals surface area contributed by atoms with E-state index in [1.165, 1.54) is 15.9 Å². The van der Waals surface area contributed by atoms with Gasteiger partial charge < -0.3 is 9.80 Å². The molecule has 0 atom stereocenters. The summed E-state index contributed by atoms with van der Waals surface area (Å²) >= 11 is 0. The molecule has 2 rings (SSSR count). The highest BCUT2D eigenvalue weighted by Gasteiger charge is 2.19. The van der Waals surface area contributed by atoms with Gasteiger partial charge in [0.25, 0.3) is 0 Å². The summed E-state index contributed by atoms with van der Waals surface area (Å²) in [7, 11) is 3.27. The fraction of sp³-hybridized carbons (Fsp3) is 0.636. The van der Waals surface area contributed by atoms with Crippen LogP contribution < -0.4 is 5.32 Å². The van der Waals surface area contributed by atoms with E-state index in [-0.39, 0.29) is 18.5 Å². The second kappa shape index (κ2) is 5.68. The van der Waals surface area contributed by atoms with Crippen LogP contribution in [0.2, 0.25) is 0 Å². The number of hydrogen-bond acceptors (Lipinski definition) is 4. The lowest BCUT2D eigenvalue weighted by molar-refractivity contribution is -0.131. The number of rotatable bonds is 3. The number of carbonyl (C=O) groups excluding carboxylic acids is 2. The number of aromatic nitrogens is 3. The molecule has 1 aliphatic rings. The van der Waals surface area contributed by atoms with Crippen molar-refractivity contribution in [3.63, 3.8) is 0 Å². The fourth-order valence-electron chi connectivity index (χ4n) is 1.84. The zero-order valence-electron chi connectivity index (χ0n) is 11.2. The Labute approximate surface area is 111 Å². The first-order valence-corrected chi connectivity index (χ1v) is 6.22. The van der Waals surface area contributed by atoms with Crippen LogP contribution in [0.15, 0.2) is 6.20 Å². The van der Waals surface area contributed by atoms with E-state index in [9.17, 15) is 9.59 Å². The molecule has 2 heterocycles. The second-order valence-electron chi connectivity index (χ2n) is 4.67. The minimum Gasteiger partial charge on any atom is -0.341 e. The molecule has 8 nitrogen and oxygen atoms in total. The summed E-state index contributed by atoms with van der Waals surface area (Å²) < 4.78 is 0. The Balaban J connectivity index is 1.90. The van der Waals surface area contributed by atoms with Crippen LogP contribution in [0.3, 0.4) is 0 Å². The molecule has 8 heteroatoms. The molecule has 0 aliphatic carbocycles. The Bertz CT molecular complexity index is 464. The van der Waals surface area contributed by atoms with Crippen LogP contribution in [0.4, 0.5) is 10.6 Å². The van der Waals surface area contributed by atoms with E-state index in [0.29, 0.717) is 5.82 Å². The van der Waals surface area contributed by atoms with Gasteiger partial charge in [0.05, 0.1) is 6.20 Å². The van der Waals surface area contributed by atoms with Crippen LogP contribution in [-0.2, 0) is 11.3 Å². The third-order valence-corrected chi connectivity index (χ3v) is 2.91. The van der Waals surface area contributed by atoms with Gasteiger partial charge in [0.1, 0.15) is 6.54 Å². The predicted octanol–water partition coefficient (Wildman–Crippen LogP) is -0.00600. The maximum absolute atomic E-state index is 11.9. The summed E-state index contributed by atoms with van der Waals surface area (Å²) in [4.78, 5) is 27.8. The van der Waals surface area contributed by atoms with Crippen LogP contribution in [0.5, 0.6) is 0 Å². The zero-order chi connectivity index (χ0) is 13.8. The monoisotopic (exact) mass is 266 g/mol. The third kappa shape index (κ3) is 3.43. The van der Waals surface area contributed by atoms with Gasteiger partial charge >= 0.3 is 6.03 Å². The van der Waals surface area contributed by atoms with E-state index < -0.39 is 0 Å². The number of carbonyl (C=O) groups is 2. The molecule has 0 spiro atoms. The van der Waals surface area contributed by atoms with Crippen LogP contribution >= 0.6 is 0 Å². The number of amides is 3. The van der Waals surface area contributed by atoms with Gasteiger partial charge in [-0.1, -0.05) is 0 Å². The van der Waals surface area contributed by atoms with Gasteiger partial charge in [0.15, 0.2) is 5.82 Å². The van der Waals surface area contributed by atoms with Crippen LogP contribution in [0, 0.1) is 0 Å². The Hall–Kier alpha value is -2.12. The topological polar surface area (TPSA) is 83.4 Å². The minimum atomic E-state index is -0.280. The zero-order valence-corrected chi connectivity index (χ0v) is 11.2. The Kier molecular flexibility index (Phi) is 3.98.